The van der Waals surface area contributed by atoms with Crippen LogP contribution in [0.4, 0.5) is 0 Å². The van der Waals surface area contributed by atoms with Gasteiger partial charge in [0.2, 0.25) is 0 Å². The number of β-amino-alcohol motifs (C(OH)–C–C–N with tert-alkyl or cyclic N) is 1. The third-order valence-electron chi connectivity index (χ3n) is 4.79. The van der Waals surface area contributed by atoms with Crippen LogP contribution < -0.4 is 0 Å². The molecule has 1 aromatic rings. The number of carbonyl (C=O) groups excluding carboxylic acids is 1. The van der Waals surface area contributed by atoms with Gasteiger partial charge in [0.05, 0.1) is 17.7 Å². The van der Waals surface area contributed by atoms with Gasteiger partial charge in [-0.15, -0.1) is 0 Å². The molecule has 0 radical (unpaired) electrons. The zero-order valence-electron chi connectivity index (χ0n) is 13.7. The van der Waals surface area contributed by atoms with Crippen molar-refractivity contribution in [3.8, 4) is 6.07 Å². The molecule has 1 amide bonds. The molecule has 0 spiro atoms. The number of nitriles is 1. The number of ether oxygens (including phenoxy) is 1. The maximum Gasteiger partial charge on any atom is 0.253 e. The Kier molecular flexibility index (Phi) is 5.46. The normalized spacial score (nSPS) is 23.5. The van der Waals surface area contributed by atoms with Crippen LogP contribution in [0.1, 0.15) is 28.8 Å². The molecule has 2 heterocycles. The Balaban J connectivity index is 1.65. The maximum atomic E-state index is 12.7. The van der Waals surface area contributed by atoms with Gasteiger partial charge in [0.25, 0.3) is 5.91 Å². The number of aliphatic hydroxyl groups is 1. The van der Waals surface area contributed by atoms with Crippen molar-refractivity contribution >= 4 is 5.91 Å². The predicted molar refractivity (Wildman–Crippen MR) is 88.5 cm³/mol. The zero-order valence-corrected chi connectivity index (χ0v) is 13.7. The molecule has 2 fully saturated rings. The number of aliphatic hydroxyl groups excluding tert-OH is 1. The summed E-state index contributed by atoms with van der Waals surface area (Å²) >= 11 is 0. The van der Waals surface area contributed by atoms with Crippen molar-refractivity contribution in [3.05, 3.63) is 35.4 Å². The number of hydrogen-bond acceptors (Lipinski definition) is 5. The number of benzene rings is 1. The number of hydrogen-bond donors (Lipinski definition) is 1. The molecule has 0 aliphatic carbocycles. The molecule has 6 heteroatoms. The van der Waals surface area contributed by atoms with Crippen LogP contribution in [-0.2, 0) is 4.74 Å². The average molecular weight is 329 g/mol. The van der Waals surface area contributed by atoms with Crippen LogP contribution >= 0.6 is 0 Å². The summed E-state index contributed by atoms with van der Waals surface area (Å²) in [7, 11) is 0. The predicted octanol–water partition coefficient (Wildman–Crippen LogP) is 0.856. The summed E-state index contributed by atoms with van der Waals surface area (Å²) in [6, 6.07) is 9.13. The summed E-state index contributed by atoms with van der Waals surface area (Å²) in [5.74, 6) is -0.0904. The van der Waals surface area contributed by atoms with Gasteiger partial charge in [-0.05, 0) is 37.1 Å². The molecule has 1 aromatic carbocycles. The van der Waals surface area contributed by atoms with Crippen molar-refractivity contribution in [2.45, 2.75) is 25.0 Å². The molecule has 0 bridgehead atoms. The SMILES string of the molecule is N#Cc1ccc(C(=O)N2CCN(C3CCOCC3)CC(O)C2)cc1. The molecule has 0 aromatic heterocycles. The largest absolute Gasteiger partial charge is 0.390 e. The van der Waals surface area contributed by atoms with Crippen LogP contribution in [0.3, 0.4) is 0 Å². The molecule has 2 saturated heterocycles. The lowest BCUT2D eigenvalue weighted by Crippen LogP contribution is -2.43. The smallest absolute Gasteiger partial charge is 0.253 e. The summed E-state index contributed by atoms with van der Waals surface area (Å²) in [6.45, 7) is 3.85. The molecule has 1 atom stereocenters. The highest BCUT2D eigenvalue weighted by Gasteiger charge is 2.29. The van der Waals surface area contributed by atoms with Gasteiger partial charge in [-0.2, -0.15) is 5.26 Å². The lowest BCUT2D eigenvalue weighted by molar-refractivity contribution is 0.0217. The Morgan fingerprint density at radius 1 is 1.17 bits per heavy atom. The molecule has 128 valence electrons. The highest BCUT2D eigenvalue weighted by atomic mass is 16.5. The van der Waals surface area contributed by atoms with Gasteiger partial charge >= 0.3 is 0 Å². The van der Waals surface area contributed by atoms with E-state index in [0.29, 0.717) is 36.8 Å². The summed E-state index contributed by atoms with van der Waals surface area (Å²) < 4.78 is 5.41. The molecule has 1 N–H and O–H groups in total. The Bertz CT molecular complexity index is 605. The second kappa shape index (κ2) is 7.75. The first-order valence-corrected chi connectivity index (χ1v) is 8.46. The molecule has 2 aliphatic rings. The minimum Gasteiger partial charge on any atom is -0.390 e. The number of nitrogens with zero attached hydrogens (tertiary/aromatic N) is 3. The first-order chi connectivity index (χ1) is 11.7. The van der Waals surface area contributed by atoms with Gasteiger partial charge in [0, 0.05) is 51.0 Å². The molecular formula is C18H23N3O3. The highest BCUT2D eigenvalue weighted by molar-refractivity contribution is 5.94. The summed E-state index contributed by atoms with van der Waals surface area (Å²) in [5, 5.41) is 19.2. The van der Waals surface area contributed by atoms with E-state index in [2.05, 4.69) is 11.0 Å². The monoisotopic (exact) mass is 329 g/mol. The fourth-order valence-corrected chi connectivity index (χ4v) is 3.45. The lowest BCUT2D eigenvalue weighted by Gasteiger charge is -2.33. The van der Waals surface area contributed by atoms with Crippen LogP contribution in [0.2, 0.25) is 0 Å². The standard InChI is InChI=1S/C18H23N3O3/c19-11-14-1-3-15(4-2-14)18(23)21-8-7-20(12-17(22)13-21)16-5-9-24-10-6-16/h1-4,16-17,22H,5-10,12-13H2. The number of carbonyl (C=O) groups is 1. The summed E-state index contributed by atoms with van der Waals surface area (Å²) in [4.78, 5) is 16.7. The van der Waals surface area contributed by atoms with Crippen LogP contribution in [0.5, 0.6) is 0 Å². The minimum absolute atomic E-state index is 0.0904. The van der Waals surface area contributed by atoms with Crippen molar-refractivity contribution < 1.29 is 14.6 Å². The van der Waals surface area contributed by atoms with Gasteiger partial charge in [0.1, 0.15) is 0 Å². The van der Waals surface area contributed by atoms with Crippen LogP contribution in [0.25, 0.3) is 0 Å². The lowest BCUT2D eigenvalue weighted by atomic mass is 10.1. The van der Waals surface area contributed by atoms with Crippen molar-refractivity contribution in [2.75, 3.05) is 39.4 Å². The molecule has 2 aliphatic heterocycles. The number of amides is 1. The van der Waals surface area contributed by atoms with Crippen LogP contribution in [0.15, 0.2) is 24.3 Å². The van der Waals surface area contributed by atoms with Crippen molar-refractivity contribution in [2.24, 2.45) is 0 Å². The first kappa shape index (κ1) is 16.9. The second-order valence-corrected chi connectivity index (χ2v) is 6.43. The Morgan fingerprint density at radius 2 is 1.88 bits per heavy atom. The summed E-state index contributed by atoms with van der Waals surface area (Å²) in [5.41, 5.74) is 1.09. The van der Waals surface area contributed by atoms with Crippen LogP contribution in [0, 0.1) is 11.3 Å². The van der Waals surface area contributed by atoms with E-state index >= 15 is 0 Å². The molecule has 1 unspecified atom stereocenters. The van der Waals surface area contributed by atoms with Crippen molar-refractivity contribution in [3.63, 3.8) is 0 Å². The van der Waals surface area contributed by atoms with E-state index in [4.69, 9.17) is 10.00 Å². The van der Waals surface area contributed by atoms with E-state index in [9.17, 15) is 9.90 Å². The minimum atomic E-state index is -0.544. The van der Waals surface area contributed by atoms with E-state index in [1.165, 1.54) is 0 Å². The Labute approximate surface area is 142 Å². The average Bonchev–Trinajstić information content (AvgIpc) is 2.83. The van der Waals surface area contributed by atoms with Gasteiger partial charge < -0.3 is 14.7 Å². The molecular weight excluding hydrogens is 306 g/mol. The van der Waals surface area contributed by atoms with E-state index in [-0.39, 0.29) is 5.91 Å². The Hall–Kier alpha value is -1.94. The fraction of sp³-hybridized carbons (Fsp3) is 0.556. The van der Waals surface area contributed by atoms with Crippen LogP contribution in [-0.4, -0.2) is 72.4 Å². The Morgan fingerprint density at radius 3 is 2.54 bits per heavy atom. The quantitative estimate of drug-likeness (QED) is 0.871. The van der Waals surface area contributed by atoms with Gasteiger partial charge in [-0.3, -0.25) is 9.69 Å². The molecule has 3 rings (SSSR count). The molecule has 24 heavy (non-hydrogen) atoms. The first-order valence-electron chi connectivity index (χ1n) is 8.46. The van der Waals surface area contributed by atoms with E-state index in [1.807, 2.05) is 0 Å². The molecule has 0 saturated carbocycles. The topological polar surface area (TPSA) is 76.8 Å². The van der Waals surface area contributed by atoms with Gasteiger partial charge in [-0.1, -0.05) is 0 Å². The third kappa shape index (κ3) is 3.93. The molecule has 6 nitrogen and oxygen atoms in total. The van der Waals surface area contributed by atoms with E-state index in [0.717, 1.165) is 32.6 Å². The van der Waals surface area contributed by atoms with E-state index < -0.39 is 6.10 Å². The number of rotatable bonds is 2. The van der Waals surface area contributed by atoms with Gasteiger partial charge in [-0.25, -0.2) is 0 Å². The van der Waals surface area contributed by atoms with E-state index in [1.54, 1.807) is 29.2 Å². The summed E-state index contributed by atoms with van der Waals surface area (Å²) in [6.07, 6.45) is 1.42. The zero-order chi connectivity index (χ0) is 16.9. The maximum absolute atomic E-state index is 12.7. The van der Waals surface area contributed by atoms with Crippen molar-refractivity contribution in [1.29, 1.82) is 5.26 Å². The second-order valence-electron chi connectivity index (χ2n) is 6.43. The fourth-order valence-electron chi connectivity index (χ4n) is 3.45. The van der Waals surface area contributed by atoms with Gasteiger partial charge in [0.15, 0.2) is 0 Å². The highest BCUT2D eigenvalue weighted by Crippen LogP contribution is 2.18. The van der Waals surface area contributed by atoms with Crippen molar-refractivity contribution in [1.82, 2.24) is 9.80 Å². The third-order valence-corrected chi connectivity index (χ3v) is 4.79.